The van der Waals surface area contributed by atoms with Gasteiger partial charge in [-0.3, -0.25) is 0 Å². The van der Waals surface area contributed by atoms with Gasteiger partial charge < -0.3 is 20.1 Å². The first-order valence-electron chi connectivity index (χ1n) is 9.65. The molecule has 3 aromatic rings. The molecule has 3 N–H and O–H groups in total. The first-order valence-corrected chi connectivity index (χ1v) is 11.3. The van der Waals surface area contributed by atoms with Crippen molar-refractivity contribution in [2.75, 3.05) is 6.61 Å². The molecular formula is C20H15Cl2F2N5O4S. The number of pyridine rings is 1. The highest BCUT2D eigenvalue weighted by Gasteiger charge is 2.46. The van der Waals surface area contributed by atoms with Gasteiger partial charge in [0.05, 0.1) is 17.8 Å². The van der Waals surface area contributed by atoms with Crippen LogP contribution in [-0.4, -0.2) is 65.7 Å². The molecule has 1 fully saturated rings. The highest BCUT2D eigenvalue weighted by Crippen LogP contribution is 2.39. The summed E-state index contributed by atoms with van der Waals surface area (Å²) in [5, 5.41) is 47.6. The van der Waals surface area contributed by atoms with Crippen LogP contribution >= 0.6 is 35.0 Å². The summed E-state index contributed by atoms with van der Waals surface area (Å²) in [5.41, 5.74) is -0.866. The topological polar surface area (TPSA) is 137 Å². The first kappa shape index (κ1) is 24.7. The summed E-state index contributed by atoms with van der Waals surface area (Å²) in [6.45, 7) is -0.566. The lowest BCUT2D eigenvalue weighted by Gasteiger charge is -2.41. The van der Waals surface area contributed by atoms with Gasteiger partial charge in [0.15, 0.2) is 5.69 Å². The van der Waals surface area contributed by atoms with E-state index in [-0.39, 0.29) is 22.0 Å². The maximum absolute atomic E-state index is 13.9. The van der Waals surface area contributed by atoms with E-state index in [1.165, 1.54) is 18.5 Å². The number of halogens is 4. The molecule has 9 nitrogen and oxygen atoms in total. The number of rotatable bonds is 5. The number of ether oxygens (including phenoxy) is 1. The lowest BCUT2D eigenvalue weighted by molar-refractivity contribution is -0.178. The second kappa shape index (κ2) is 10.1. The molecule has 0 amide bonds. The van der Waals surface area contributed by atoms with Crippen LogP contribution in [0.3, 0.4) is 0 Å². The minimum Gasteiger partial charge on any atom is -0.394 e. The van der Waals surface area contributed by atoms with Gasteiger partial charge in [-0.05, 0) is 18.2 Å². The number of aliphatic hydroxyl groups excluding tert-OH is 3. The van der Waals surface area contributed by atoms with Crippen LogP contribution in [-0.2, 0) is 4.74 Å². The lowest BCUT2D eigenvalue weighted by Crippen LogP contribution is -2.55. The molecule has 14 heteroatoms. The molecule has 0 saturated carbocycles. The SMILES string of the molecule is N#Cc1ncc(SC2OC(CO)C(O)C(n3cc(-c4cc(F)c(Cl)c(F)c4)nn3)C2O)cc1Cl. The van der Waals surface area contributed by atoms with Gasteiger partial charge in [-0.15, -0.1) is 5.10 Å². The van der Waals surface area contributed by atoms with E-state index in [0.717, 1.165) is 28.6 Å². The molecular weight excluding hydrogens is 515 g/mol. The van der Waals surface area contributed by atoms with Crippen LogP contribution < -0.4 is 0 Å². The van der Waals surface area contributed by atoms with Crippen molar-refractivity contribution in [3.05, 3.63) is 58.0 Å². The summed E-state index contributed by atoms with van der Waals surface area (Å²) < 4.78 is 34.5. The number of thioether (sulfide) groups is 1. The molecule has 3 heterocycles. The van der Waals surface area contributed by atoms with Crippen molar-refractivity contribution in [3.63, 3.8) is 0 Å². The molecule has 178 valence electrons. The van der Waals surface area contributed by atoms with Crippen molar-refractivity contribution in [3.8, 4) is 17.3 Å². The van der Waals surface area contributed by atoms with E-state index < -0.39 is 53.1 Å². The summed E-state index contributed by atoms with van der Waals surface area (Å²) in [6, 6.07) is 4.14. The van der Waals surface area contributed by atoms with Gasteiger partial charge in [0.2, 0.25) is 0 Å². The van der Waals surface area contributed by atoms with Crippen LogP contribution in [0.25, 0.3) is 11.3 Å². The largest absolute Gasteiger partial charge is 0.394 e. The Kier molecular flexibility index (Phi) is 7.34. The van der Waals surface area contributed by atoms with Gasteiger partial charge in [0.1, 0.15) is 58.2 Å². The molecule has 1 aliphatic rings. The van der Waals surface area contributed by atoms with Crippen molar-refractivity contribution >= 4 is 35.0 Å². The van der Waals surface area contributed by atoms with Crippen LogP contribution in [0.5, 0.6) is 0 Å². The average molecular weight is 530 g/mol. The van der Waals surface area contributed by atoms with E-state index in [4.69, 9.17) is 33.2 Å². The molecule has 0 spiro atoms. The standard InChI is InChI=1S/C20H15Cl2F2N5O4S/c21-10-3-9(5-26-13(10)4-25)34-20-19(32)17(18(31)15(7-30)33-20)29-6-14(27-28-29)8-1-11(23)16(22)12(24)2-8/h1-3,5-6,15,17-20,30-32H,7H2. The average Bonchev–Trinajstić information content (AvgIpc) is 3.29. The number of benzene rings is 1. The third-order valence-corrected chi connectivity index (χ3v) is 6.88. The molecule has 0 radical (unpaired) electrons. The molecule has 1 saturated heterocycles. The second-order valence-electron chi connectivity index (χ2n) is 7.27. The van der Waals surface area contributed by atoms with Crippen LogP contribution in [0.1, 0.15) is 11.7 Å². The fourth-order valence-corrected chi connectivity index (χ4v) is 4.89. The van der Waals surface area contributed by atoms with Crippen molar-refractivity contribution in [2.24, 2.45) is 0 Å². The molecule has 5 atom stereocenters. The Balaban J connectivity index is 1.63. The van der Waals surface area contributed by atoms with Crippen molar-refractivity contribution in [1.82, 2.24) is 20.0 Å². The molecule has 0 bridgehead atoms. The van der Waals surface area contributed by atoms with Crippen LogP contribution in [0.2, 0.25) is 10.0 Å². The Hall–Kier alpha value is -2.37. The van der Waals surface area contributed by atoms with E-state index in [0.29, 0.717) is 4.90 Å². The van der Waals surface area contributed by atoms with Gasteiger partial charge in [-0.25, -0.2) is 18.4 Å². The maximum atomic E-state index is 13.9. The third-order valence-electron chi connectivity index (χ3n) is 5.12. The van der Waals surface area contributed by atoms with E-state index >= 15 is 0 Å². The maximum Gasteiger partial charge on any atom is 0.159 e. The van der Waals surface area contributed by atoms with Crippen molar-refractivity contribution in [1.29, 1.82) is 5.26 Å². The van der Waals surface area contributed by atoms with E-state index in [1.807, 2.05) is 6.07 Å². The van der Waals surface area contributed by atoms with E-state index in [9.17, 15) is 24.1 Å². The number of nitrogens with zero attached hydrogens (tertiary/aromatic N) is 5. The van der Waals surface area contributed by atoms with E-state index in [1.54, 1.807) is 0 Å². The highest BCUT2D eigenvalue weighted by atomic mass is 35.5. The number of aromatic nitrogens is 4. The van der Waals surface area contributed by atoms with Gasteiger partial charge in [-0.1, -0.05) is 40.2 Å². The molecule has 5 unspecified atom stereocenters. The Morgan fingerprint density at radius 1 is 1.18 bits per heavy atom. The predicted octanol–water partition coefficient (Wildman–Crippen LogP) is 2.57. The molecule has 2 aromatic heterocycles. The Morgan fingerprint density at radius 2 is 1.88 bits per heavy atom. The zero-order chi connectivity index (χ0) is 24.6. The molecule has 4 rings (SSSR count). The van der Waals surface area contributed by atoms with E-state index in [2.05, 4.69) is 15.3 Å². The summed E-state index contributed by atoms with van der Waals surface area (Å²) in [4.78, 5) is 4.39. The Morgan fingerprint density at radius 3 is 2.50 bits per heavy atom. The van der Waals surface area contributed by atoms with Crippen molar-refractivity contribution in [2.45, 2.75) is 34.7 Å². The Labute approximate surface area is 205 Å². The number of hydrogen-bond donors (Lipinski definition) is 3. The minimum absolute atomic E-state index is 0.0304. The first-order chi connectivity index (χ1) is 16.2. The fraction of sp³-hybridized carbons (Fsp3) is 0.300. The smallest absolute Gasteiger partial charge is 0.159 e. The van der Waals surface area contributed by atoms with Gasteiger partial charge in [0, 0.05) is 16.7 Å². The van der Waals surface area contributed by atoms with Gasteiger partial charge in [0.25, 0.3) is 0 Å². The van der Waals surface area contributed by atoms with Crippen LogP contribution in [0.4, 0.5) is 8.78 Å². The second-order valence-corrected chi connectivity index (χ2v) is 9.22. The van der Waals surface area contributed by atoms with Gasteiger partial charge >= 0.3 is 0 Å². The normalized spacial score (nSPS) is 24.7. The summed E-state index contributed by atoms with van der Waals surface area (Å²) in [6.07, 6.45) is -1.19. The molecule has 1 aromatic carbocycles. The number of hydrogen-bond acceptors (Lipinski definition) is 9. The molecule has 34 heavy (non-hydrogen) atoms. The predicted molar refractivity (Wildman–Crippen MR) is 117 cm³/mol. The quantitative estimate of drug-likeness (QED) is 0.425. The Bertz CT molecular complexity index is 1240. The molecule has 1 aliphatic heterocycles. The fourth-order valence-electron chi connectivity index (χ4n) is 3.44. The third kappa shape index (κ3) is 4.73. The monoisotopic (exact) mass is 529 g/mol. The van der Waals surface area contributed by atoms with Crippen LogP contribution in [0.15, 0.2) is 35.5 Å². The zero-order valence-electron chi connectivity index (χ0n) is 16.9. The minimum atomic E-state index is -1.40. The van der Waals surface area contributed by atoms with Crippen LogP contribution in [0, 0.1) is 23.0 Å². The zero-order valence-corrected chi connectivity index (χ0v) is 19.2. The summed E-state index contributed by atoms with van der Waals surface area (Å²) in [5.74, 6) is -1.97. The number of aliphatic hydroxyl groups is 3. The highest BCUT2D eigenvalue weighted by molar-refractivity contribution is 7.99. The number of nitriles is 1. The summed E-state index contributed by atoms with van der Waals surface area (Å²) >= 11 is 12.5. The summed E-state index contributed by atoms with van der Waals surface area (Å²) in [7, 11) is 0. The lowest BCUT2D eigenvalue weighted by atomic mass is 9.97. The van der Waals surface area contributed by atoms with Crippen molar-refractivity contribution < 1.29 is 28.8 Å². The van der Waals surface area contributed by atoms with Gasteiger partial charge in [-0.2, -0.15) is 5.26 Å². The molecule has 0 aliphatic carbocycles.